The molecule has 1 rings (SSSR count). The van der Waals surface area contributed by atoms with Gasteiger partial charge < -0.3 is 21.1 Å². The highest BCUT2D eigenvalue weighted by Gasteiger charge is 2.20. The second-order valence-electron chi connectivity index (χ2n) is 4.07. The summed E-state index contributed by atoms with van der Waals surface area (Å²) in [5.74, 6) is 0. The van der Waals surface area contributed by atoms with Gasteiger partial charge in [-0.2, -0.15) is 0 Å². The summed E-state index contributed by atoms with van der Waals surface area (Å²) in [7, 11) is 0. The van der Waals surface area contributed by atoms with Crippen LogP contribution >= 0.6 is 0 Å². The Balaban J connectivity index is 2.17. The third-order valence-electron chi connectivity index (χ3n) is 2.92. The molecule has 0 aromatic rings. The number of hydrogen-bond acceptors (Lipinski definition) is 3. The fourth-order valence-corrected chi connectivity index (χ4v) is 1.75. The first-order valence-corrected chi connectivity index (χ1v) is 5.59. The lowest BCUT2D eigenvalue weighted by molar-refractivity contribution is 0.150. The second-order valence-corrected chi connectivity index (χ2v) is 4.07. The molecule has 15 heavy (non-hydrogen) atoms. The Morgan fingerprint density at radius 2 is 2.20 bits per heavy atom. The van der Waals surface area contributed by atoms with E-state index in [1.165, 1.54) is 0 Å². The number of nitrogens with zero attached hydrogens (tertiary/aromatic N) is 1. The van der Waals surface area contributed by atoms with Gasteiger partial charge in [0, 0.05) is 25.7 Å². The molecule has 1 saturated heterocycles. The number of carbonyl (C=O) groups is 1. The van der Waals surface area contributed by atoms with Gasteiger partial charge in [0.05, 0.1) is 6.10 Å². The van der Waals surface area contributed by atoms with Crippen molar-refractivity contribution in [2.24, 2.45) is 5.73 Å². The molecule has 0 aromatic heterocycles. The van der Waals surface area contributed by atoms with Crippen LogP contribution in [0.4, 0.5) is 4.79 Å². The van der Waals surface area contributed by atoms with Crippen molar-refractivity contribution in [2.45, 2.75) is 38.3 Å². The lowest BCUT2D eigenvalue weighted by Crippen LogP contribution is -2.47. The van der Waals surface area contributed by atoms with Gasteiger partial charge in [-0.05, 0) is 19.3 Å². The zero-order valence-electron chi connectivity index (χ0n) is 9.28. The Hall–Kier alpha value is -0.810. The summed E-state index contributed by atoms with van der Waals surface area (Å²) in [4.78, 5) is 12.5. The lowest BCUT2D eigenvalue weighted by atomic mass is 10.1. The summed E-state index contributed by atoms with van der Waals surface area (Å²) < 4.78 is 0. The first-order chi connectivity index (χ1) is 7.13. The summed E-state index contributed by atoms with van der Waals surface area (Å²) in [6.07, 6.45) is 2.34. The number of nitrogens with two attached hydrogens (primary N) is 1. The average molecular weight is 215 g/mol. The van der Waals surface area contributed by atoms with Gasteiger partial charge in [0.2, 0.25) is 0 Å². The number of primary amides is 1. The summed E-state index contributed by atoms with van der Waals surface area (Å²) in [5.41, 5.74) is 5.18. The van der Waals surface area contributed by atoms with E-state index in [1.807, 2.05) is 6.92 Å². The maximum atomic E-state index is 10.9. The lowest BCUT2D eigenvalue weighted by Gasteiger charge is -2.31. The van der Waals surface area contributed by atoms with Crippen molar-refractivity contribution >= 4 is 6.03 Å². The smallest absolute Gasteiger partial charge is 0.314 e. The van der Waals surface area contributed by atoms with Gasteiger partial charge in [0.1, 0.15) is 0 Å². The molecule has 1 fully saturated rings. The molecule has 0 spiro atoms. The molecule has 5 nitrogen and oxygen atoms in total. The molecule has 0 saturated carbocycles. The molecule has 5 heteroatoms. The van der Waals surface area contributed by atoms with Crippen LogP contribution in [0.25, 0.3) is 0 Å². The van der Waals surface area contributed by atoms with Crippen LogP contribution in [0.3, 0.4) is 0 Å². The molecule has 2 amide bonds. The third kappa shape index (κ3) is 4.05. The number of aliphatic hydroxyl groups is 1. The number of aliphatic hydroxyl groups excluding tert-OH is 1. The third-order valence-corrected chi connectivity index (χ3v) is 2.92. The maximum absolute atomic E-state index is 10.9. The van der Waals surface area contributed by atoms with E-state index >= 15 is 0 Å². The minimum absolute atomic E-state index is 0.265. The molecule has 0 bridgehead atoms. The Bertz CT molecular complexity index is 203. The van der Waals surface area contributed by atoms with Crippen molar-refractivity contribution in [1.29, 1.82) is 0 Å². The standard InChI is InChI=1S/C10H21N3O2/c1-2-9(14)7-12-8-3-5-13(6-4-8)10(11)15/h8-9,12,14H,2-7H2,1H3,(H2,11,15). The van der Waals surface area contributed by atoms with Gasteiger partial charge in [-0.1, -0.05) is 6.92 Å². The summed E-state index contributed by atoms with van der Waals surface area (Å²) >= 11 is 0. The van der Waals surface area contributed by atoms with Gasteiger partial charge in [0.25, 0.3) is 0 Å². The fourth-order valence-electron chi connectivity index (χ4n) is 1.75. The van der Waals surface area contributed by atoms with Crippen molar-refractivity contribution in [1.82, 2.24) is 10.2 Å². The number of carbonyl (C=O) groups excluding carboxylic acids is 1. The highest BCUT2D eigenvalue weighted by molar-refractivity contribution is 5.72. The van der Waals surface area contributed by atoms with Crippen molar-refractivity contribution in [3.8, 4) is 0 Å². The molecule has 88 valence electrons. The van der Waals surface area contributed by atoms with Gasteiger partial charge in [0.15, 0.2) is 0 Å². The zero-order chi connectivity index (χ0) is 11.3. The van der Waals surface area contributed by atoms with Gasteiger partial charge in [-0.3, -0.25) is 0 Å². The van der Waals surface area contributed by atoms with Crippen LogP contribution in [0, 0.1) is 0 Å². The summed E-state index contributed by atoms with van der Waals surface area (Å²) in [5, 5.41) is 12.7. The molecule has 0 aromatic carbocycles. The van der Waals surface area contributed by atoms with Crippen molar-refractivity contribution in [3.05, 3.63) is 0 Å². The van der Waals surface area contributed by atoms with E-state index in [-0.39, 0.29) is 12.1 Å². The monoisotopic (exact) mass is 215 g/mol. The van der Waals surface area contributed by atoms with Crippen LogP contribution in [0.5, 0.6) is 0 Å². The number of likely N-dealkylation sites (tertiary alicyclic amines) is 1. The van der Waals surface area contributed by atoms with Gasteiger partial charge in [-0.25, -0.2) is 4.79 Å². The summed E-state index contributed by atoms with van der Waals surface area (Å²) in [6, 6.07) is 0.0730. The Morgan fingerprint density at radius 1 is 1.60 bits per heavy atom. The molecule has 1 aliphatic rings. The van der Waals surface area contributed by atoms with E-state index in [2.05, 4.69) is 5.32 Å². The summed E-state index contributed by atoms with van der Waals surface area (Å²) in [6.45, 7) is 4.03. The number of rotatable bonds is 4. The van der Waals surface area contributed by atoms with E-state index in [1.54, 1.807) is 4.90 Å². The molecule has 1 unspecified atom stereocenters. The molecule has 1 heterocycles. The Morgan fingerprint density at radius 3 is 2.67 bits per heavy atom. The largest absolute Gasteiger partial charge is 0.392 e. The predicted octanol–water partition coefficient (Wildman–Crippen LogP) is -0.110. The van der Waals surface area contributed by atoms with E-state index in [9.17, 15) is 9.90 Å². The second kappa shape index (κ2) is 5.92. The molecular formula is C10H21N3O2. The molecule has 4 N–H and O–H groups in total. The molecule has 1 atom stereocenters. The van der Waals surface area contributed by atoms with Crippen LogP contribution in [0.15, 0.2) is 0 Å². The number of piperidine rings is 1. The quantitative estimate of drug-likeness (QED) is 0.612. The van der Waals surface area contributed by atoms with Crippen molar-refractivity contribution < 1.29 is 9.90 Å². The predicted molar refractivity (Wildman–Crippen MR) is 58.5 cm³/mol. The zero-order valence-corrected chi connectivity index (χ0v) is 9.28. The number of urea groups is 1. The average Bonchev–Trinajstić information content (AvgIpc) is 2.26. The van der Waals surface area contributed by atoms with E-state index in [0.717, 1.165) is 32.4 Å². The van der Waals surface area contributed by atoms with Gasteiger partial charge in [-0.15, -0.1) is 0 Å². The minimum Gasteiger partial charge on any atom is -0.392 e. The molecular weight excluding hydrogens is 194 g/mol. The molecule has 1 aliphatic heterocycles. The molecule has 0 radical (unpaired) electrons. The number of hydrogen-bond donors (Lipinski definition) is 3. The van der Waals surface area contributed by atoms with Crippen LogP contribution in [0.2, 0.25) is 0 Å². The van der Waals surface area contributed by atoms with Crippen LogP contribution in [0.1, 0.15) is 26.2 Å². The van der Waals surface area contributed by atoms with Crippen LogP contribution in [-0.2, 0) is 0 Å². The fraction of sp³-hybridized carbons (Fsp3) is 0.900. The van der Waals surface area contributed by atoms with Crippen molar-refractivity contribution in [3.63, 3.8) is 0 Å². The first-order valence-electron chi connectivity index (χ1n) is 5.59. The SMILES string of the molecule is CCC(O)CNC1CCN(C(N)=O)CC1. The number of nitrogens with one attached hydrogen (secondary N) is 1. The Labute approximate surface area is 90.6 Å². The van der Waals surface area contributed by atoms with E-state index in [4.69, 9.17) is 5.73 Å². The van der Waals surface area contributed by atoms with E-state index in [0.29, 0.717) is 12.6 Å². The highest BCUT2D eigenvalue weighted by Crippen LogP contribution is 2.09. The number of amides is 2. The Kier molecular flexibility index (Phi) is 4.84. The molecule has 0 aliphatic carbocycles. The van der Waals surface area contributed by atoms with Crippen molar-refractivity contribution in [2.75, 3.05) is 19.6 Å². The van der Waals surface area contributed by atoms with Gasteiger partial charge >= 0.3 is 6.03 Å². The van der Waals surface area contributed by atoms with Crippen LogP contribution < -0.4 is 11.1 Å². The highest BCUT2D eigenvalue weighted by atomic mass is 16.3. The maximum Gasteiger partial charge on any atom is 0.314 e. The van der Waals surface area contributed by atoms with E-state index < -0.39 is 0 Å². The van der Waals surface area contributed by atoms with Crippen LogP contribution in [-0.4, -0.2) is 47.8 Å². The topological polar surface area (TPSA) is 78.6 Å². The first kappa shape index (κ1) is 12.3. The minimum atomic E-state index is -0.331. The normalized spacial score (nSPS) is 20.3.